The van der Waals surface area contributed by atoms with Crippen LogP contribution in [0.4, 0.5) is 0 Å². The first-order chi connectivity index (χ1) is 8.93. The van der Waals surface area contributed by atoms with Gasteiger partial charge in [0, 0.05) is 0 Å². The van der Waals surface area contributed by atoms with Gasteiger partial charge in [0.05, 0.1) is 18.8 Å². The number of ether oxygens (including phenoxy) is 1. The summed E-state index contributed by atoms with van der Waals surface area (Å²) < 4.78 is 5.73. The van der Waals surface area contributed by atoms with Crippen LogP contribution in [-0.4, -0.2) is 46.3 Å². The summed E-state index contributed by atoms with van der Waals surface area (Å²) in [6.07, 6.45) is 3.48. The Kier molecular flexibility index (Phi) is 10.5. The minimum atomic E-state index is -1.14. The molecule has 0 aliphatic carbocycles. The Bertz CT molecular complexity index is 210. The van der Waals surface area contributed by atoms with Crippen molar-refractivity contribution in [1.82, 2.24) is 0 Å². The van der Waals surface area contributed by atoms with Crippen LogP contribution in [0.1, 0.15) is 59.8 Å². The molecule has 0 aromatic heterocycles. The van der Waals surface area contributed by atoms with Crippen molar-refractivity contribution in [3.05, 3.63) is 0 Å². The summed E-state index contributed by atoms with van der Waals surface area (Å²) in [5, 5.41) is 27.9. The van der Waals surface area contributed by atoms with Crippen molar-refractivity contribution < 1.29 is 20.1 Å². The second-order valence-electron chi connectivity index (χ2n) is 5.61. The monoisotopic (exact) mass is 276 g/mol. The molecule has 0 aliphatic heterocycles. The molecule has 4 nitrogen and oxygen atoms in total. The predicted molar refractivity (Wildman–Crippen MR) is 77.0 cm³/mol. The molecule has 4 heteroatoms. The molecule has 0 saturated carbocycles. The number of aliphatic hydroxyl groups is 3. The Morgan fingerprint density at radius 3 is 2.11 bits per heavy atom. The zero-order chi connectivity index (χ0) is 14.8. The Morgan fingerprint density at radius 1 is 0.947 bits per heavy atom. The van der Waals surface area contributed by atoms with Gasteiger partial charge in [-0.1, -0.05) is 39.5 Å². The molecule has 0 amide bonds. The molecule has 5 atom stereocenters. The third kappa shape index (κ3) is 7.88. The van der Waals surface area contributed by atoms with Gasteiger partial charge in [-0.15, -0.1) is 0 Å². The summed E-state index contributed by atoms with van der Waals surface area (Å²) in [6.45, 7) is 7.63. The fraction of sp³-hybridized carbons (Fsp3) is 1.00. The minimum absolute atomic E-state index is 0.0390. The van der Waals surface area contributed by atoms with Gasteiger partial charge in [0.25, 0.3) is 0 Å². The van der Waals surface area contributed by atoms with Crippen LogP contribution in [0.25, 0.3) is 0 Å². The Morgan fingerprint density at radius 2 is 1.58 bits per heavy atom. The van der Waals surface area contributed by atoms with E-state index in [2.05, 4.69) is 13.8 Å². The Labute approximate surface area is 117 Å². The SMILES string of the molecule is CCCCCCC(C)[C@@H](C)OC(C)C(O)[C@H](O)CO. The van der Waals surface area contributed by atoms with Gasteiger partial charge in [-0.3, -0.25) is 0 Å². The maximum absolute atomic E-state index is 9.73. The number of hydrogen-bond donors (Lipinski definition) is 3. The highest BCUT2D eigenvalue weighted by Gasteiger charge is 2.25. The summed E-state index contributed by atoms with van der Waals surface area (Å²) in [5.41, 5.74) is 0. The average molecular weight is 276 g/mol. The highest BCUT2D eigenvalue weighted by molar-refractivity contribution is 4.74. The van der Waals surface area contributed by atoms with E-state index in [0.29, 0.717) is 5.92 Å². The molecule has 0 aliphatic rings. The van der Waals surface area contributed by atoms with Gasteiger partial charge in [0.1, 0.15) is 12.2 Å². The third-order valence-corrected chi connectivity index (χ3v) is 3.81. The molecule has 3 N–H and O–H groups in total. The Balaban J connectivity index is 3.96. The van der Waals surface area contributed by atoms with Crippen molar-refractivity contribution in [1.29, 1.82) is 0 Å². The van der Waals surface area contributed by atoms with Crippen LogP contribution in [0.2, 0.25) is 0 Å². The van der Waals surface area contributed by atoms with Crippen LogP contribution in [0.3, 0.4) is 0 Å². The molecule has 0 aromatic carbocycles. The van der Waals surface area contributed by atoms with Crippen molar-refractivity contribution in [3.63, 3.8) is 0 Å². The number of aliphatic hydroxyl groups excluding tert-OH is 3. The van der Waals surface area contributed by atoms with Gasteiger partial charge in [0.2, 0.25) is 0 Å². The molecule has 0 fully saturated rings. The molecule has 116 valence electrons. The summed E-state index contributed by atoms with van der Waals surface area (Å²) in [7, 11) is 0. The van der Waals surface area contributed by atoms with E-state index in [0.717, 1.165) is 6.42 Å². The second kappa shape index (κ2) is 10.6. The second-order valence-corrected chi connectivity index (χ2v) is 5.61. The standard InChI is InChI=1S/C15H32O4/c1-5-6-7-8-9-11(2)12(3)19-13(4)15(18)14(17)10-16/h11-18H,5-10H2,1-4H3/t11?,12-,13?,14-,15?/m1/s1. The van der Waals surface area contributed by atoms with Crippen molar-refractivity contribution in [2.45, 2.75) is 84.2 Å². The molecule has 0 radical (unpaired) electrons. The topological polar surface area (TPSA) is 69.9 Å². The molecule has 3 unspecified atom stereocenters. The maximum atomic E-state index is 9.73. The minimum Gasteiger partial charge on any atom is -0.394 e. The van der Waals surface area contributed by atoms with Crippen LogP contribution in [0.15, 0.2) is 0 Å². The fourth-order valence-electron chi connectivity index (χ4n) is 2.10. The van der Waals surface area contributed by atoms with E-state index in [1.54, 1.807) is 6.92 Å². The quantitative estimate of drug-likeness (QED) is 0.505. The molecule has 0 bridgehead atoms. The number of unbranched alkanes of at least 4 members (excludes halogenated alkanes) is 3. The van der Waals surface area contributed by atoms with Crippen molar-refractivity contribution in [2.75, 3.05) is 6.61 Å². The van der Waals surface area contributed by atoms with E-state index in [4.69, 9.17) is 9.84 Å². The lowest BCUT2D eigenvalue weighted by Gasteiger charge is -2.29. The Hall–Kier alpha value is -0.160. The van der Waals surface area contributed by atoms with E-state index in [-0.39, 0.29) is 6.10 Å². The fourth-order valence-corrected chi connectivity index (χ4v) is 2.10. The molecule has 0 saturated heterocycles. The van der Waals surface area contributed by atoms with Gasteiger partial charge < -0.3 is 20.1 Å². The molecule has 0 heterocycles. The summed E-state index contributed by atoms with van der Waals surface area (Å²) in [6, 6.07) is 0. The smallest absolute Gasteiger partial charge is 0.108 e. The maximum Gasteiger partial charge on any atom is 0.108 e. The van der Waals surface area contributed by atoms with Gasteiger partial charge >= 0.3 is 0 Å². The largest absolute Gasteiger partial charge is 0.394 e. The third-order valence-electron chi connectivity index (χ3n) is 3.81. The lowest BCUT2D eigenvalue weighted by atomic mass is 9.97. The van der Waals surface area contributed by atoms with Crippen LogP contribution in [0, 0.1) is 5.92 Å². The van der Waals surface area contributed by atoms with E-state index < -0.39 is 24.9 Å². The van der Waals surface area contributed by atoms with E-state index in [9.17, 15) is 10.2 Å². The van der Waals surface area contributed by atoms with E-state index in [1.807, 2.05) is 6.92 Å². The lowest BCUT2D eigenvalue weighted by Crippen LogP contribution is -2.41. The van der Waals surface area contributed by atoms with Gasteiger partial charge in [0.15, 0.2) is 0 Å². The molecule has 0 spiro atoms. The van der Waals surface area contributed by atoms with E-state index in [1.165, 1.54) is 25.7 Å². The summed E-state index contributed by atoms with van der Waals surface area (Å²) in [4.78, 5) is 0. The van der Waals surface area contributed by atoms with Gasteiger partial charge in [-0.2, -0.15) is 0 Å². The highest BCUT2D eigenvalue weighted by atomic mass is 16.5. The zero-order valence-electron chi connectivity index (χ0n) is 12.9. The summed E-state index contributed by atoms with van der Waals surface area (Å²) in [5.74, 6) is 0.428. The average Bonchev–Trinajstić information content (AvgIpc) is 2.41. The molecule has 0 rings (SSSR count). The summed E-state index contributed by atoms with van der Waals surface area (Å²) >= 11 is 0. The van der Waals surface area contributed by atoms with Gasteiger partial charge in [-0.25, -0.2) is 0 Å². The van der Waals surface area contributed by atoms with E-state index >= 15 is 0 Å². The molecule has 19 heavy (non-hydrogen) atoms. The first-order valence-corrected chi connectivity index (χ1v) is 7.56. The van der Waals surface area contributed by atoms with Crippen LogP contribution in [-0.2, 0) is 4.74 Å². The van der Waals surface area contributed by atoms with Gasteiger partial charge in [-0.05, 0) is 26.2 Å². The molecular formula is C15H32O4. The van der Waals surface area contributed by atoms with Crippen LogP contribution in [0.5, 0.6) is 0 Å². The normalized spacial score (nSPS) is 19.7. The highest BCUT2D eigenvalue weighted by Crippen LogP contribution is 2.19. The zero-order valence-corrected chi connectivity index (χ0v) is 12.9. The molecule has 0 aromatic rings. The number of rotatable bonds is 11. The van der Waals surface area contributed by atoms with Crippen molar-refractivity contribution in [2.24, 2.45) is 5.92 Å². The lowest BCUT2D eigenvalue weighted by molar-refractivity contribution is -0.122. The molecular weight excluding hydrogens is 244 g/mol. The van der Waals surface area contributed by atoms with Crippen molar-refractivity contribution in [3.8, 4) is 0 Å². The van der Waals surface area contributed by atoms with Crippen molar-refractivity contribution >= 4 is 0 Å². The predicted octanol–water partition coefficient (Wildman–Crippen LogP) is 2.10. The first kappa shape index (κ1) is 18.8. The number of hydrogen-bond acceptors (Lipinski definition) is 4. The first-order valence-electron chi connectivity index (χ1n) is 7.56. The van der Waals surface area contributed by atoms with Crippen LogP contribution >= 0.6 is 0 Å². The van der Waals surface area contributed by atoms with Crippen LogP contribution < -0.4 is 0 Å².